The first-order valence-corrected chi connectivity index (χ1v) is 10.1. The number of nitrogens with zero attached hydrogens (tertiary/aromatic N) is 1. The summed E-state index contributed by atoms with van der Waals surface area (Å²) in [4.78, 5) is 26.7. The average Bonchev–Trinajstić information content (AvgIpc) is 2.80. The number of ether oxygens (including phenoxy) is 1. The Balaban J connectivity index is 2.32. The van der Waals surface area contributed by atoms with Gasteiger partial charge in [0, 0.05) is 0 Å². The van der Waals surface area contributed by atoms with E-state index in [9.17, 15) is 9.59 Å². The number of rotatable bonds is 4. The first-order chi connectivity index (χ1) is 11.0. The second-order valence-electron chi connectivity index (χ2n) is 7.77. The van der Waals surface area contributed by atoms with E-state index in [-0.39, 0.29) is 38.1 Å². The van der Waals surface area contributed by atoms with Crippen LogP contribution in [0.5, 0.6) is 0 Å². The molecule has 5 heteroatoms. The van der Waals surface area contributed by atoms with Crippen molar-refractivity contribution < 1.29 is 14.3 Å². The van der Waals surface area contributed by atoms with Crippen molar-refractivity contribution in [1.82, 2.24) is 4.90 Å². The molecule has 1 heterocycles. The third-order valence-electron chi connectivity index (χ3n) is 4.31. The van der Waals surface area contributed by atoms with Crippen LogP contribution < -0.4 is 4.46 Å². The van der Waals surface area contributed by atoms with Gasteiger partial charge in [-0.25, -0.2) is 0 Å². The molecule has 0 spiro atoms. The SMILES string of the molecule is CC(=O)C([Se]c1ccccc1)C(=O)N1[C@@H](C(C)(C)C)COC1(C)C. The van der Waals surface area contributed by atoms with Crippen molar-refractivity contribution in [2.75, 3.05) is 6.61 Å². The van der Waals surface area contributed by atoms with Crippen LogP contribution in [0.25, 0.3) is 0 Å². The Morgan fingerprint density at radius 2 is 1.83 bits per heavy atom. The molecule has 0 saturated carbocycles. The van der Waals surface area contributed by atoms with Crippen molar-refractivity contribution in [1.29, 1.82) is 0 Å². The number of carbonyl (C=O) groups excluding carboxylic acids is 2. The zero-order valence-electron chi connectivity index (χ0n) is 15.3. The molecule has 4 nitrogen and oxygen atoms in total. The number of Topliss-reactive ketones (excluding diaryl/α,β-unsaturated/α-hetero) is 1. The van der Waals surface area contributed by atoms with E-state index in [1.54, 1.807) is 0 Å². The summed E-state index contributed by atoms with van der Waals surface area (Å²) in [6, 6.07) is 9.76. The van der Waals surface area contributed by atoms with E-state index in [1.165, 1.54) is 6.92 Å². The Bertz CT molecular complexity index is 607. The summed E-state index contributed by atoms with van der Waals surface area (Å²) in [5.74, 6) is -0.173. The Hall–Kier alpha value is -1.16. The first kappa shape index (κ1) is 19.2. The monoisotopic (exact) mass is 397 g/mol. The molecule has 2 atom stereocenters. The van der Waals surface area contributed by atoms with Crippen LogP contribution in [-0.2, 0) is 14.3 Å². The summed E-state index contributed by atoms with van der Waals surface area (Å²) >= 11 is -0.231. The molecule has 1 fully saturated rings. The summed E-state index contributed by atoms with van der Waals surface area (Å²) in [6.45, 7) is 12.1. The first-order valence-electron chi connectivity index (χ1n) is 8.23. The predicted molar refractivity (Wildman–Crippen MR) is 96.4 cm³/mol. The van der Waals surface area contributed by atoms with Gasteiger partial charge in [-0.1, -0.05) is 0 Å². The van der Waals surface area contributed by atoms with E-state index in [4.69, 9.17) is 4.74 Å². The fourth-order valence-electron chi connectivity index (χ4n) is 2.93. The van der Waals surface area contributed by atoms with Gasteiger partial charge in [0.15, 0.2) is 0 Å². The second-order valence-corrected chi connectivity index (χ2v) is 10.2. The molecule has 1 aromatic rings. The Morgan fingerprint density at radius 1 is 1.25 bits per heavy atom. The summed E-state index contributed by atoms with van der Waals surface area (Å²) in [5, 5.41) is 0. The quantitative estimate of drug-likeness (QED) is 0.580. The van der Waals surface area contributed by atoms with Gasteiger partial charge >= 0.3 is 151 Å². The Labute approximate surface area is 151 Å². The molecule has 0 aliphatic carbocycles. The fourth-order valence-corrected chi connectivity index (χ4v) is 4.96. The third kappa shape index (κ3) is 4.08. The molecule has 1 unspecified atom stereocenters. The Kier molecular flexibility index (Phi) is 5.58. The molecule has 0 bridgehead atoms. The molecule has 1 aliphatic heterocycles. The number of benzene rings is 1. The molecule has 0 N–H and O–H groups in total. The topological polar surface area (TPSA) is 46.6 Å². The maximum absolute atomic E-state index is 13.3. The second kappa shape index (κ2) is 6.99. The van der Waals surface area contributed by atoms with Crippen LogP contribution in [0.2, 0.25) is 4.82 Å². The molecular formula is C19H27NO3Se. The Morgan fingerprint density at radius 3 is 2.33 bits per heavy atom. The van der Waals surface area contributed by atoms with Gasteiger partial charge < -0.3 is 0 Å². The van der Waals surface area contributed by atoms with Gasteiger partial charge in [-0.2, -0.15) is 0 Å². The minimum absolute atomic E-state index is 0.0339. The maximum atomic E-state index is 13.3. The van der Waals surface area contributed by atoms with Gasteiger partial charge in [0.05, 0.1) is 0 Å². The van der Waals surface area contributed by atoms with Crippen molar-refractivity contribution in [3.8, 4) is 0 Å². The number of amides is 1. The van der Waals surface area contributed by atoms with Crippen molar-refractivity contribution >= 4 is 31.1 Å². The van der Waals surface area contributed by atoms with Gasteiger partial charge in [0.2, 0.25) is 0 Å². The summed E-state index contributed by atoms with van der Waals surface area (Å²) < 4.78 is 6.95. The van der Waals surface area contributed by atoms with Gasteiger partial charge in [-0.3, -0.25) is 0 Å². The molecule has 1 saturated heterocycles. The van der Waals surface area contributed by atoms with Gasteiger partial charge in [-0.05, 0) is 0 Å². The van der Waals surface area contributed by atoms with E-state index in [1.807, 2.05) is 49.1 Å². The van der Waals surface area contributed by atoms with Crippen molar-refractivity contribution in [3.63, 3.8) is 0 Å². The number of carbonyl (C=O) groups is 2. The van der Waals surface area contributed by atoms with Crippen LogP contribution >= 0.6 is 0 Å². The summed E-state index contributed by atoms with van der Waals surface area (Å²) in [7, 11) is 0. The van der Waals surface area contributed by atoms with E-state index in [2.05, 4.69) is 20.8 Å². The van der Waals surface area contributed by atoms with E-state index in [0.717, 1.165) is 4.46 Å². The van der Waals surface area contributed by atoms with Crippen LogP contribution in [0, 0.1) is 5.41 Å². The van der Waals surface area contributed by atoms with Gasteiger partial charge in [0.1, 0.15) is 0 Å². The van der Waals surface area contributed by atoms with Crippen molar-refractivity contribution in [3.05, 3.63) is 30.3 Å². The molecule has 2 rings (SSSR count). The molecular weight excluding hydrogens is 369 g/mol. The number of ketones is 1. The molecule has 0 aromatic heterocycles. The number of hydrogen-bond acceptors (Lipinski definition) is 3. The van der Waals surface area contributed by atoms with Crippen LogP contribution in [0.4, 0.5) is 0 Å². The molecule has 1 amide bonds. The van der Waals surface area contributed by atoms with Crippen molar-refractivity contribution in [2.24, 2.45) is 5.41 Å². The fraction of sp³-hybridized carbons (Fsp3) is 0.579. The van der Waals surface area contributed by atoms with Crippen LogP contribution in [0.3, 0.4) is 0 Å². The molecule has 1 aliphatic rings. The minimum atomic E-state index is -0.685. The van der Waals surface area contributed by atoms with E-state index < -0.39 is 10.5 Å². The van der Waals surface area contributed by atoms with Crippen LogP contribution in [0.1, 0.15) is 41.5 Å². The zero-order chi connectivity index (χ0) is 18.1. The van der Waals surface area contributed by atoms with Crippen molar-refractivity contribution in [2.45, 2.75) is 58.1 Å². The molecule has 0 radical (unpaired) electrons. The van der Waals surface area contributed by atoms with E-state index in [0.29, 0.717) is 6.61 Å². The predicted octanol–water partition coefficient (Wildman–Crippen LogP) is 2.40. The molecule has 132 valence electrons. The third-order valence-corrected chi connectivity index (χ3v) is 7.07. The zero-order valence-corrected chi connectivity index (χ0v) is 17.0. The average molecular weight is 396 g/mol. The number of hydrogen-bond donors (Lipinski definition) is 0. The van der Waals surface area contributed by atoms with Crippen LogP contribution in [-0.4, -0.2) is 49.9 Å². The standard InChI is InChI=1S/C19H27NO3Se/c1-13(21)16(24-14-10-8-7-9-11-14)17(22)20-15(18(2,3)4)12-23-19(20,5)6/h7-11,15-16H,12H2,1-6H3/t15-,16?/m1/s1. The van der Waals surface area contributed by atoms with Crippen LogP contribution in [0.15, 0.2) is 30.3 Å². The molecule has 1 aromatic carbocycles. The van der Waals surface area contributed by atoms with Gasteiger partial charge in [0.25, 0.3) is 0 Å². The van der Waals surface area contributed by atoms with E-state index >= 15 is 0 Å². The normalized spacial score (nSPS) is 21.6. The van der Waals surface area contributed by atoms with Gasteiger partial charge in [-0.15, -0.1) is 0 Å². The summed E-state index contributed by atoms with van der Waals surface area (Å²) in [6.07, 6.45) is 0. The summed E-state index contributed by atoms with van der Waals surface area (Å²) in [5.41, 5.74) is -0.792. The molecule has 24 heavy (non-hydrogen) atoms.